The highest BCUT2D eigenvalue weighted by molar-refractivity contribution is 6.29. The Balaban J connectivity index is 1.53. The summed E-state index contributed by atoms with van der Waals surface area (Å²) in [7, 11) is 0. The van der Waals surface area contributed by atoms with Crippen LogP contribution in [0.4, 0.5) is 30.6 Å². The van der Waals surface area contributed by atoms with Crippen molar-refractivity contribution < 1.29 is 17.9 Å². The van der Waals surface area contributed by atoms with Crippen LogP contribution < -0.4 is 15.5 Å². The fourth-order valence-corrected chi connectivity index (χ4v) is 2.95. The number of hydrogen-bond donors (Lipinski definition) is 2. The van der Waals surface area contributed by atoms with E-state index in [9.17, 15) is 13.2 Å². The zero-order valence-electron chi connectivity index (χ0n) is 17.3. The highest BCUT2D eigenvalue weighted by Crippen LogP contribution is 2.24. The first-order chi connectivity index (χ1) is 16.3. The quantitative estimate of drug-likeness (QED) is 0.182. The number of benzene rings is 2. The summed E-state index contributed by atoms with van der Waals surface area (Å²) in [4.78, 5) is 12.9. The lowest BCUT2D eigenvalue weighted by Crippen LogP contribution is -2.17. The van der Waals surface area contributed by atoms with Crippen LogP contribution in [-0.4, -0.2) is 27.5 Å². The number of hydrazone groups is 1. The second kappa shape index (κ2) is 10.2. The summed E-state index contributed by atoms with van der Waals surface area (Å²) < 4.78 is 40.7. The number of hydrogen-bond acceptors (Lipinski definition) is 7. The van der Waals surface area contributed by atoms with Gasteiger partial charge in [0.15, 0.2) is 0 Å². The monoisotopic (exact) mass is 484 g/mol. The van der Waals surface area contributed by atoms with Crippen molar-refractivity contribution in [2.24, 2.45) is 5.10 Å². The Kier molecular flexibility index (Phi) is 6.88. The van der Waals surface area contributed by atoms with E-state index in [1.807, 2.05) is 30.3 Å². The maximum Gasteiger partial charge on any atom is 0.573 e. The van der Waals surface area contributed by atoms with Crippen molar-refractivity contribution >= 4 is 35.3 Å². The fourth-order valence-electron chi connectivity index (χ4n) is 2.84. The van der Waals surface area contributed by atoms with Crippen LogP contribution in [0.1, 0.15) is 5.56 Å². The SMILES string of the molecule is FC(F)(F)Oc1ccc(/C=N/Nc2nc(Nc3ccc(Cl)nc3)cc(-c3ccccc3)n2)cc1. The molecule has 4 aromatic rings. The summed E-state index contributed by atoms with van der Waals surface area (Å²) in [5.74, 6) is 0.382. The maximum absolute atomic E-state index is 12.3. The molecule has 2 aromatic heterocycles. The molecule has 7 nitrogen and oxygen atoms in total. The van der Waals surface area contributed by atoms with Gasteiger partial charge in [-0.05, 0) is 42.0 Å². The van der Waals surface area contributed by atoms with Crippen LogP contribution in [-0.2, 0) is 0 Å². The van der Waals surface area contributed by atoms with Gasteiger partial charge in [0.2, 0.25) is 5.95 Å². The van der Waals surface area contributed by atoms with E-state index in [2.05, 4.69) is 35.5 Å². The molecule has 0 bridgehead atoms. The minimum absolute atomic E-state index is 0.207. The van der Waals surface area contributed by atoms with E-state index in [0.717, 1.165) is 5.56 Å². The lowest BCUT2D eigenvalue weighted by Gasteiger charge is -2.10. The van der Waals surface area contributed by atoms with Gasteiger partial charge < -0.3 is 10.1 Å². The van der Waals surface area contributed by atoms with Crippen LogP contribution in [0.5, 0.6) is 5.75 Å². The second-order valence-corrected chi connectivity index (χ2v) is 7.20. The number of nitrogens with zero attached hydrogens (tertiary/aromatic N) is 4. The molecule has 4 rings (SSSR count). The first-order valence-corrected chi connectivity index (χ1v) is 10.2. The molecule has 0 amide bonds. The van der Waals surface area contributed by atoms with Gasteiger partial charge in [0, 0.05) is 11.6 Å². The van der Waals surface area contributed by atoms with E-state index in [0.29, 0.717) is 27.9 Å². The third kappa shape index (κ3) is 6.66. The summed E-state index contributed by atoms with van der Waals surface area (Å²) in [5.41, 5.74) is 5.49. The third-order valence-electron chi connectivity index (χ3n) is 4.29. The van der Waals surface area contributed by atoms with Crippen molar-refractivity contribution in [3.8, 4) is 17.0 Å². The molecule has 172 valence electrons. The summed E-state index contributed by atoms with van der Waals surface area (Å²) in [6.07, 6.45) is -1.75. The van der Waals surface area contributed by atoms with Crippen LogP contribution in [0.25, 0.3) is 11.3 Å². The number of ether oxygens (including phenoxy) is 1. The van der Waals surface area contributed by atoms with Crippen molar-refractivity contribution in [2.75, 3.05) is 10.7 Å². The van der Waals surface area contributed by atoms with Crippen molar-refractivity contribution in [3.05, 3.63) is 89.7 Å². The largest absolute Gasteiger partial charge is 0.573 e. The van der Waals surface area contributed by atoms with Crippen molar-refractivity contribution in [3.63, 3.8) is 0 Å². The summed E-state index contributed by atoms with van der Waals surface area (Å²) in [6.45, 7) is 0. The Hall–Kier alpha value is -4.18. The number of nitrogens with one attached hydrogen (secondary N) is 2. The molecule has 2 N–H and O–H groups in total. The molecule has 34 heavy (non-hydrogen) atoms. The Morgan fingerprint density at radius 1 is 0.941 bits per heavy atom. The van der Waals surface area contributed by atoms with Gasteiger partial charge in [0.05, 0.1) is 23.8 Å². The van der Waals surface area contributed by atoms with E-state index in [1.54, 1.807) is 24.4 Å². The molecule has 0 atom stereocenters. The second-order valence-electron chi connectivity index (χ2n) is 6.81. The molecule has 0 aliphatic heterocycles. The minimum atomic E-state index is -4.74. The lowest BCUT2D eigenvalue weighted by molar-refractivity contribution is -0.274. The van der Waals surface area contributed by atoms with Gasteiger partial charge >= 0.3 is 6.36 Å². The first-order valence-electron chi connectivity index (χ1n) is 9.82. The fraction of sp³-hybridized carbons (Fsp3) is 0.0435. The van der Waals surface area contributed by atoms with Gasteiger partial charge in [0.25, 0.3) is 0 Å². The molecular weight excluding hydrogens is 469 g/mol. The molecule has 0 spiro atoms. The summed E-state index contributed by atoms with van der Waals surface area (Å²) in [5, 5.41) is 7.60. The van der Waals surface area contributed by atoms with Crippen molar-refractivity contribution in [1.82, 2.24) is 15.0 Å². The van der Waals surface area contributed by atoms with Crippen molar-refractivity contribution in [2.45, 2.75) is 6.36 Å². The van der Waals surface area contributed by atoms with Gasteiger partial charge in [0.1, 0.15) is 16.7 Å². The van der Waals surface area contributed by atoms with E-state index in [-0.39, 0.29) is 11.7 Å². The zero-order valence-corrected chi connectivity index (χ0v) is 18.0. The molecule has 0 radical (unpaired) electrons. The molecule has 0 fully saturated rings. The standard InChI is InChI=1S/C23H16ClF3N6O/c24-20-11-8-17(14-28-20)30-21-12-19(16-4-2-1-3-5-16)31-22(32-21)33-29-13-15-6-9-18(10-7-15)34-23(25,26)27/h1-14H,(H2,30,31,32,33)/b29-13+. The van der Waals surface area contributed by atoms with E-state index in [4.69, 9.17) is 11.6 Å². The predicted molar refractivity (Wildman–Crippen MR) is 124 cm³/mol. The number of halogens is 4. The molecule has 11 heteroatoms. The molecule has 0 saturated heterocycles. The number of pyridine rings is 1. The molecular formula is C23H16ClF3N6O. The van der Waals surface area contributed by atoms with Crippen LogP contribution in [0.15, 0.2) is 84.1 Å². The Labute approximate surface area is 197 Å². The molecule has 2 aromatic carbocycles. The smallest absolute Gasteiger partial charge is 0.406 e. The Morgan fingerprint density at radius 2 is 1.71 bits per heavy atom. The average molecular weight is 485 g/mol. The number of aromatic nitrogens is 3. The lowest BCUT2D eigenvalue weighted by atomic mass is 10.1. The first kappa shape index (κ1) is 23.0. The highest BCUT2D eigenvalue weighted by Gasteiger charge is 2.30. The van der Waals surface area contributed by atoms with Gasteiger partial charge in [-0.1, -0.05) is 41.9 Å². The van der Waals surface area contributed by atoms with Crippen LogP contribution in [0, 0.1) is 0 Å². The number of anilines is 3. The topological polar surface area (TPSA) is 84.3 Å². The molecule has 0 unspecified atom stereocenters. The molecule has 2 heterocycles. The van der Waals surface area contributed by atoms with Gasteiger partial charge in [-0.25, -0.2) is 15.4 Å². The Bertz CT molecular complexity index is 1270. The summed E-state index contributed by atoms with van der Waals surface area (Å²) in [6, 6.07) is 20.0. The maximum atomic E-state index is 12.3. The van der Waals surface area contributed by atoms with Crippen LogP contribution >= 0.6 is 11.6 Å². The summed E-state index contributed by atoms with van der Waals surface area (Å²) >= 11 is 5.84. The van der Waals surface area contributed by atoms with Gasteiger partial charge in [-0.15, -0.1) is 13.2 Å². The Morgan fingerprint density at radius 3 is 2.38 bits per heavy atom. The van der Waals surface area contributed by atoms with Crippen molar-refractivity contribution in [1.29, 1.82) is 0 Å². The normalized spacial score (nSPS) is 11.4. The minimum Gasteiger partial charge on any atom is -0.406 e. The third-order valence-corrected chi connectivity index (χ3v) is 4.51. The number of alkyl halides is 3. The van der Waals surface area contributed by atoms with Crippen LogP contribution in [0.2, 0.25) is 5.15 Å². The number of rotatable bonds is 7. The van der Waals surface area contributed by atoms with Crippen LogP contribution in [0.3, 0.4) is 0 Å². The van der Waals surface area contributed by atoms with Gasteiger partial charge in [-0.2, -0.15) is 10.1 Å². The highest BCUT2D eigenvalue weighted by atomic mass is 35.5. The van der Waals surface area contributed by atoms with E-state index in [1.165, 1.54) is 30.5 Å². The average Bonchev–Trinajstić information content (AvgIpc) is 2.81. The predicted octanol–water partition coefficient (Wildman–Crippen LogP) is 6.28. The molecule has 0 aliphatic rings. The van der Waals surface area contributed by atoms with E-state index >= 15 is 0 Å². The van der Waals surface area contributed by atoms with Gasteiger partial charge in [-0.3, -0.25) is 0 Å². The zero-order chi connectivity index (χ0) is 24.0. The molecule has 0 saturated carbocycles. The van der Waals surface area contributed by atoms with E-state index < -0.39 is 6.36 Å². The molecule has 0 aliphatic carbocycles.